The molecule has 1 unspecified atom stereocenters. The summed E-state index contributed by atoms with van der Waals surface area (Å²) in [7, 11) is 0. The molecule has 0 aromatic carbocycles. The molecular formula is C14H29N. The quantitative estimate of drug-likeness (QED) is 0.569. The van der Waals surface area contributed by atoms with Crippen molar-refractivity contribution in [1.82, 2.24) is 5.32 Å². The highest BCUT2D eigenvalue weighted by atomic mass is 14.9. The van der Waals surface area contributed by atoms with Crippen molar-refractivity contribution in [3.63, 3.8) is 0 Å². The Morgan fingerprint density at radius 2 is 1.87 bits per heavy atom. The first-order chi connectivity index (χ1) is 7.29. The molecule has 15 heavy (non-hydrogen) atoms. The Morgan fingerprint density at radius 1 is 1.13 bits per heavy atom. The maximum Gasteiger partial charge on any atom is 0.00104 e. The van der Waals surface area contributed by atoms with Crippen LogP contribution in [0.1, 0.15) is 65.7 Å². The summed E-state index contributed by atoms with van der Waals surface area (Å²) in [6.07, 6.45) is 9.82. The smallest absolute Gasteiger partial charge is 0.00104 e. The molecular weight excluding hydrogens is 182 g/mol. The van der Waals surface area contributed by atoms with Gasteiger partial charge in [-0.3, -0.25) is 0 Å². The molecule has 0 heterocycles. The lowest BCUT2D eigenvalue weighted by Crippen LogP contribution is -2.36. The van der Waals surface area contributed by atoms with Gasteiger partial charge in [0.15, 0.2) is 0 Å². The summed E-state index contributed by atoms with van der Waals surface area (Å²) in [6.45, 7) is 9.42. The van der Waals surface area contributed by atoms with Gasteiger partial charge in [0.05, 0.1) is 0 Å². The molecule has 1 atom stereocenters. The Labute approximate surface area is 96.0 Å². The Hall–Kier alpha value is -0.0400. The van der Waals surface area contributed by atoms with Gasteiger partial charge in [0, 0.05) is 6.54 Å². The lowest BCUT2D eigenvalue weighted by Gasteiger charge is -2.33. The number of unbranched alkanes of at least 4 members (excludes halogenated alkanes) is 1. The molecule has 1 rings (SSSR count). The molecule has 1 aliphatic carbocycles. The third-order valence-electron chi connectivity index (χ3n) is 4.08. The molecule has 0 radical (unpaired) electrons. The predicted octanol–water partition coefficient (Wildman–Crippen LogP) is 3.98. The van der Waals surface area contributed by atoms with Crippen LogP contribution in [0, 0.1) is 11.3 Å². The van der Waals surface area contributed by atoms with Crippen LogP contribution in [-0.4, -0.2) is 13.1 Å². The molecule has 0 bridgehead atoms. The Kier molecular flexibility index (Phi) is 5.66. The van der Waals surface area contributed by atoms with Crippen molar-refractivity contribution in [3.05, 3.63) is 0 Å². The van der Waals surface area contributed by atoms with Gasteiger partial charge in [-0.25, -0.2) is 0 Å². The minimum atomic E-state index is 0.644. The summed E-state index contributed by atoms with van der Waals surface area (Å²) in [5.41, 5.74) is 0.644. The molecule has 1 aliphatic rings. The van der Waals surface area contributed by atoms with Gasteiger partial charge in [-0.05, 0) is 50.0 Å². The molecule has 0 saturated heterocycles. The monoisotopic (exact) mass is 211 g/mol. The standard InChI is InChI=1S/C14H29N/c1-4-7-10-14(6-3,13-8-9-13)12-15-11-5-2/h13,15H,4-12H2,1-3H3. The van der Waals surface area contributed by atoms with Crippen LogP contribution in [0.3, 0.4) is 0 Å². The van der Waals surface area contributed by atoms with E-state index in [1.165, 1.54) is 58.0 Å². The molecule has 1 saturated carbocycles. The fourth-order valence-corrected chi connectivity index (χ4v) is 2.77. The van der Waals surface area contributed by atoms with E-state index in [1.807, 2.05) is 0 Å². The molecule has 0 spiro atoms. The first-order valence-electron chi connectivity index (χ1n) is 6.99. The Bertz CT molecular complexity index is 163. The van der Waals surface area contributed by atoms with Crippen LogP contribution in [0.5, 0.6) is 0 Å². The van der Waals surface area contributed by atoms with Crippen molar-refractivity contribution in [2.75, 3.05) is 13.1 Å². The van der Waals surface area contributed by atoms with Crippen LogP contribution in [0.15, 0.2) is 0 Å². The van der Waals surface area contributed by atoms with Crippen molar-refractivity contribution in [1.29, 1.82) is 0 Å². The third-order valence-corrected chi connectivity index (χ3v) is 4.08. The maximum absolute atomic E-state index is 3.66. The highest BCUT2D eigenvalue weighted by Crippen LogP contribution is 2.50. The van der Waals surface area contributed by atoms with E-state index < -0.39 is 0 Å². The maximum atomic E-state index is 3.66. The van der Waals surface area contributed by atoms with Gasteiger partial charge in [0.2, 0.25) is 0 Å². The van der Waals surface area contributed by atoms with E-state index in [-0.39, 0.29) is 0 Å². The van der Waals surface area contributed by atoms with E-state index in [0.29, 0.717) is 5.41 Å². The average Bonchev–Trinajstić information content (AvgIpc) is 3.08. The molecule has 1 N–H and O–H groups in total. The van der Waals surface area contributed by atoms with E-state index in [4.69, 9.17) is 0 Å². The molecule has 1 nitrogen and oxygen atoms in total. The summed E-state index contributed by atoms with van der Waals surface area (Å²) >= 11 is 0. The minimum absolute atomic E-state index is 0.644. The van der Waals surface area contributed by atoms with Crippen LogP contribution >= 0.6 is 0 Å². The van der Waals surface area contributed by atoms with Crippen LogP contribution in [0.2, 0.25) is 0 Å². The number of nitrogens with one attached hydrogen (secondary N) is 1. The zero-order valence-electron chi connectivity index (χ0n) is 10.9. The van der Waals surface area contributed by atoms with Crippen molar-refractivity contribution in [3.8, 4) is 0 Å². The van der Waals surface area contributed by atoms with Gasteiger partial charge in [0.25, 0.3) is 0 Å². The normalized spacial score (nSPS) is 20.2. The van der Waals surface area contributed by atoms with Gasteiger partial charge in [-0.15, -0.1) is 0 Å². The van der Waals surface area contributed by atoms with Crippen molar-refractivity contribution >= 4 is 0 Å². The van der Waals surface area contributed by atoms with Crippen LogP contribution < -0.4 is 5.32 Å². The molecule has 0 aliphatic heterocycles. The highest BCUT2D eigenvalue weighted by Gasteiger charge is 2.42. The zero-order valence-corrected chi connectivity index (χ0v) is 10.9. The molecule has 0 aromatic rings. The lowest BCUT2D eigenvalue weighted by atomic mass is 9.75. The summed E-state index contributed by atoms with van der Waals surface area (Å²) in [5, 5.41) is 3.66. The van der Waals surface area contributed by atoms with Gasteiger partial charge in [-0.1, -0.05) is 33.6 Å². The first kappa shape index (κ1) is 13.0. The number of hydrogen-bond acceptors (Lipinski definition) is 1. The van der Waals surface area contributed by atoms with E-state index in [0.717, 1.165) is 5.92 Å². The van der Waals surface area contributed by atoms with E-state index in [1.54, 1.807) is 0 Å². The predicted molar refractivity (Wildman–Crippen MR) is 68.1 cm³/mol. The first-order valence-corrected chi connectivity index (χ1v) is 6.99. The van der Waals surface area contributed by atoms with Gasteiger partial charge < -0.3 is 5.32 Å². The summed E-state index contributed by atoms with van der Waals surface area (Å²) in [5.74, 6) is 1.04. The largest absolute Gasteiger partial charge is 0.316 e. The minimum Gasteiger partial charge on any atom is -0.316 e. The van der Waals surface area contributed by atoms with Crippen LogP contribution in [-0.2, 0) is 0 Å². The second-order valence-electron chi connectivity index (χ2n) is 5.27. The van der Waals surface area contributed by atoms with Gasteiger partial charge >= 0.3 is 0 Å². The third kappa shape index (κ3) is 3.79. The summed E-state index contributed by atoms with van der Waals surface area (Å²) in [4.78, 5) is 0. The fourth-order valence-electron chi connectivity index (χ4n) is 2.77. The average molecular weight is 211 g/mol. The molecule has 0 aromatic heterocycles. The van der Waals surface area contributed by atoms with Gasteiger partial charge in [-0.2, -0.15) is 0 Å². The fraction of sp³-hybridized carbons (Fsp3) is 1.00. The Balaban J connectivity index is 2.41. The van der Waals surface area contributed by atoms with Crippen LogP contribution in [0.25, 0.3) is 0 Å². The van der Waals surface area contributed by atoms with Crippen LogP contribution in [0.4, 0.5) is 0 Å². The lowest BCUT2D eigenvalue weighted by molar-refractivity contribution is 0.192. The van der Waals surface area contributed by atoms with Crippen molar-refractivity contribution in [2.24, 2.45) is 11.3 Å². The summed E-state index contributed by atoms with van der Waals surface area (Å²) in [6, 6.07) is 0. The van der Waals surface area contributed by atoms with E-state index in [9.17, 15) is 0 Å². The topological polar surface area (TPSA) is 12.0 Å². The molecule has 90 valence electrons. The Morgan fingerprint density at radius 3 is 2.33 bits per heavy atom. The van der Waals surface area contributed by atoms with E-state index in [2.05, 4.69) is 26.1 Å². The van der Waals surface area contributed by atoms with Crippen molar-refractivity contribution in [2.45, 2.75) is 65.7 Å². The zero-order chi connectivity index (χ0) is 11.1. The highest BCUT2D eigenvalue weighted by molar-refractivity contribution is 4.94. The van der Waals surface area contributed by atoms with Gasteiger partial charge in [0.1, 0.15) is 0 Å². The van der Waals surface area contributed by atoms with Crippen molar-refractivity contribution < 1.29 is 0 Å². The summed E-state index contributed by atoms with van der Waals surface area (Å²) < 4.78 is 0. The SMILES string of the molecule is CCCCC(CC)(CNCCC)C1CC1. The molecule has 1 fully saturated rings. The number of rotatable bonds is 9. The molecule has 0 amide bonds. The molecule has 1 heteroatoms. The number of hydrogen-bond donors (Lipinski definition) is 1. The second-order valence-corrected chi connectivity index (χ2v) is 5.27. The van der Waals surface area contributed by atoms with E-state index >= 15 is 0 Å². The second kappa shape index (κ2) is 6.52.